The molecule has 7 N–H and O–H groups in total. The standard InChI is InChI=1S/C32H36FN3O7/c1-4-15-6-7-17(35-11-5-10-33)14-19(15)18-8-9-22(37)24-20(18)12-16-13-21-26(36(2)3)28(39)25(31(34)42)30(41)32(21,43)29(40)23(16)27(24)38/h6-9,14,16,21,26,35,37-38,41,43H,4-5,10-13H2,1-3H3,(H2,34,42). The molecule has 0 saturated heterocycles. The summed E-state index contributed by atoms with van der Waals surface area (Å²) < 4.78 is 12.7. The number of nitrogens with one attached hydrogen (secondary N) is 1. The number of rotatable bonds is 8. The van der Waals surface area contributed by atoms with E-state index in [2.05, 4.69) is 5.32 Å². The third kappa shape index (κ3) is 4.58. The van der Waals surface area contributed by atoms with E-state index in [1.807, 2.05) is 25.1 Å². The van der Waals surface area contributed by atoms with Gasteiger partial charge in [0.1, 0.15) is 22.8 Å². The molecule has 0 radical (unpaired) electrons. The van der Waals surface area contributed by atoms with E-state index >= 15 is 0 Å². The zero-order chi connectivity index (χ0) is 31.4. The minimum absolute atomic E-state index is 0.00627. The molecule has 1 saturated carbocycles. The Bertz CT molecular complexity index is 1600. The maximum Gasteiger partial charge on any atom is 0.255 e. The molecule has 0 heterocycles. The lowest BCUT2D eigenvalue weighted by molar-refractivity contribution is -0.153. The van der Waals surface area contributed by atoms with E-state index in [4.69, 9.17) is 5.73 Å². The van der Waals surface area contributed by atoms with Crippen molar-refractivity contribution in [1.29, 1.82) is 0 Å². The molecule has 0 aromatic heterocycles. The van der Waals surface area contributed by atoms with E-state index in [1.54, 1.807) is 20.2 Å². The van der Waals surface area contributed by atoms with Crippen molar-refractivity contribution < 1.29 is 39.2 Å². The zero-order valence-electron chi connectivity index (χ0n) is 24.3. The number of nitrogens with zero attached hydrogens (tertiary/aromatic N) is 1. The average Bonchev–Trinajstić information content (AvgIpc) is 2.95. The lowest BCUT2D eigenvalue weighted by atomic mass is 9.57. The van der Waals surface area contributed by atoms with Crippen LogP contribution in [0.2, 0.25) is 0 Å². The molecule has 5 rings (SSSR count). The third-order valence-electron chi connectivity index (χ3n) is 9.02. The van der Waals surface area contributed by atoms with Crippen LogP contribution in [0.4, 0.5) is 10.1 Å². The molecule has 3 aliphatic rings. The number of anilines is 1. The number of carbonyl (C=O) groups is 3. The predicted molar refractivity (Wildman–Crippen MR) is 158 cm³/mol. The summed E-state index contributed by atoms with van der Waals surface area (Å²) in [6, 6.07) is 7.81. The summed E-state index contributed by atoms with van der Waals surface area (Å²) >= 11 is 0. The molecule has 11 heteroatoms. The average molecular weight is 594 g/mol. The molecule has 2 aromatic carbocycles. The zero-order valence-corrected chi connectivity index (χ0v) is 24.3. The minimum atomic E-state index is -2.69. The number of fused-ring (bicyclic) bond motifs is 3. The number of halogens is 1. The van der Waals surface area contributed by atoms with Gasteiger partial charge in [0.05, 0.1) is 18.3 Å². The summed E-state index contributed by atoms with van der Waals surface area (Å²) in [7, 11) is 3.12. The highest BCUT2D eigenvalue weighted by molar-refractivity contribution is 6.24. The summed E-state index contributed by atoms with van der Waals surface area (Å²) in [5.41, 5.74) is 5.60. The van der Waals surface area contributed by atoms with E-state index in [0.717, 1.165) is 22.4 Å². The highest BCUT2D eigenvalue weighted by atomic mass is 19.1. The smallest absolute Gasteiger partial charge is 0.255 e. The lowest BCUT2D eigenvalue weighted by Crippen LogP contribution is -2.65. The number of aryl methyl sites for hydroxylation is 1. The second-order valence-electron chi connectivity index (χ2n) is 11.6. The number of hydrogen-bond donors (Lipinski definition) is 6. The lowest BCUT2D eigenvalue weighted by Gasteiger charge is -2.50. The molecule has 43 heavy (non-hydrogen) atoms. The number of likely N-dealkylation sites (N-methyl/N-ethyl adjacent to an activating group) is 1. The quantitative estimate of drug-likeness (QED) is 0.199. The number of carbonyl (C=O) groups excluding carboxylic acids is 3. The van der Waals surface area contributed by atoms with Gasteiger partial charge < -0.3 is 31.5 Å². The van der Waals surface area contributed by atoms with Gasteiger partial charge in [0, 0.05) is 23.7 Å². The first-order valence-corrected chi connectivity index (χ1v) is 14.3. The number of aliphatic hydroxyl groups is 3. The fourth-order valence-electron chi connectivity index (χ4n) is 7.04. The molecule has 10 nitrogen and oxygen atoms in total. The van der Waals surface area contributed by atoms with Crippen molar-refractivity contribution in [3.8, 4) is 16.9 Å². The first-order valence-electron chi connectivity index (χ1n) is 14.3. The fraction of sp³-hybridized carbons (Fsp3) is 0.406. The molecule has 228 valence electrons. The summed E-state index contributed by atoms with van der Waals surface area (Å²) in [4.78, 5) is 41.0. The van der Waals surface area contributed by atoms with Crippen LogP contribution in [0, 0.1) is 11.8 Å². The maximum absolute atomic E-state index is 14.1. The van der Waals surface area contributed by atoms with Gasteiger partial charge in [-0.3, -0.25) is 23.7 Å². The van der Waals surface area contributed by atoms with Crippen LogP contribution in [0.5, 0.6) is 5.75 Å². The number of amides is 1. The van der Waals surface area contributed by atoms with Crippen LogP contribution in [0.15, 0.2) is 47.2 Å². The Balaban J connectivity index is 1.69. The van der Waals surface area contributed by atoms with E-state index in [0.29, 0.717) is 24.9 Å². The fourth-order valence-corrected chi connectivity index (χ4v) is 7.04. The van der Waals surface area contributed by atoms with Gasteiger partial charge in [0.15, 0.2) is 11.4 Å². The van der Waals surface area contributed by atoms with Crippen LogP contribution in [0.3, 0.4) is 0 Å². The Hall–Kier alpha value is -4.22. The van der Waals surface area contributed by atoms with Crippen LogP contribution >= 0.6 is 0 Å². The topological polar surface area (TPSA) is 173 Å². The first-order chi connectivity index (χ1) is 20.4. The Morgan fingerprint density at radius 2 is 1.86 bits per heavy atom. The Morgan fingerprint density at radius 3 is 2.49 bits per heavy atom. The van der Waals surface area contributed by atoms with Gasteiger partial charge in [-0.1, -0.05) is 19.1 Å². The Kier molecular flexibility index (Phi) is 7.82. The van der Waals surface area contributed by atoms with Crippen molar-refractivity contribution in [2.45, 2.75) is 44.2 Å². The summed E-state index contributed by atoms with van der Waals surface area (Å²) in [6.07, 6.45) is 1.22. The van der Waals surface area contributed by atoms with Crippen LogP contribution < -0.4 is 11.1 Å². The van der Waals surface area contributed by atoms with Crippen molar-refractivity contribution in [1.82, 2.24) is 4.90 Å². The molecule has 4 unspecified atom stereocenters. The largest absolute Gasteiger partial charge is 0.508 e. The number of phenols is 1. The van der Waals surface area contributed by atoms with Crippen LogP contribution in [-0.4, -0.2) is 81.8 Å². The van der Waals surface area contributed by atoms with Crippen LogP contribution in [0.25, 0.3) is 16.9 Å². The molecular formula is C32H36FN3O7. The normalized spacial score (nSPS) is 25.0. The SMILES string of the molecule is CCc1ccc(NCCCF)cc1-c1ccc(O)c2c1CC1CC3C(N(C)C)C(=O)C(C(N)=O)=C(O)C3(O)C(=O)C1=C2O. The highest BCUT2D eigenvalue weighted by Crippen LogP contribution is 2.53. The Morgan fingerprint density at radius 1 is 1.14 bits per heavy atom. The van der Waals surface area contributed by atoms with Crippen LogP contribution in [0.1, 0.15) is 36.5 Å². The predicted octanol–water partition coefficient (Wildman–Crippen LogP) is 2.96. The number of phenolic OH excluding ortho intramolecular Hbond substituents is 1. The van der Waals surface area contributed by atoms with Crippen molar-refractivity contribution in [3.05, 3.63) is 63.9 Å². The number of aromatic hydroxyl groups is 1. The molecule has 0 spiro atoms. The third-order valence-corrected chi connectivity index (χ3v) is 9.02. The van der Waals surface area contributed by atoms with E-state index in [-0.39, 0.29) is 29.7 Å². The maximum atomic E-state index is 14.1. The monoisotopic (exact) mass is 593 g/mol. The minimum Gasteiger partial charge on any atom is -0.508 e. The van der Waals surface area contributed by atoms with Gasteiger partial charge in [-0.25, -0.2) is 0 Å². The van der Waals surface area contributed by atoms with Gasteiger partial charge >= 0.3 is 0 Å². The summed E-state index contributed by atoms with van der Waals surface area (Å²) in [5, 5.41) is 48.5. The van der Waals surface area contributed by atoms with Crippen molar-refractivity contribution in [2.75, 3.05) is 32.6 Å². The van der Waals surface area contributed by atoms with Crippen molar-refractivity contribution >= 4 is 28.9 Å². The molecule has 3 aliphatic carbocycles. The first kappa shape index (κ1) is 30.2. The number of primary amides is 1. The molecular weight excluding hydrogens is 557 g/mol. The number of hydrogen-bond acceptors (Lipinski definition) is 9. The molecule has 1 amide bonds. The second-order valence-corrected chi connectivity index (χ2v) is 11.6. The number of aliphatic hydroxyl groups excluding tert-OH is 2. The molecule has 4 atom stereocenters. The van der Waals surface area contributed by atoms with Crippen LogP contribution in [-0.2, 0) is 27.2 Å². The highest BCUT2D eigenvalue weighted by Gasteiger charge is 2.64. The Labute approximate surface area is 248 Å². The van der Waals surface area contributed by atoms with Crippen molar-refractivity contribution in [3.63, 3.8) is 0 Å². The summed E-state index contributed by atoms with van der Waals surface area (Å²) in [5.74, 6) is -6.89. The number of nitrogens with two attached hydrogens (primary N) is 1. The van der Waals surface area contributed by atoms with Gasteiger partial charge in [-0.05, 0) is 86.1 Å². The summed E-state index contributed by atoms with van der Waals surface area (Å²) in [6.45, 7) is 2.00. The van der Waals surface area contributed by atoms with E-state index in [1.165, 1.54) is 11.0 Å². The second kappa shape index (κ2) is 11.1. The van der Waals surface area contributed by atoms with E-state index in [9.17, 15) is 39.2 Å². The van der Waals surface area contributed by atoms with E-state index < -0.39 is 64.7 Å². The molecule has 2 aromatic rings. The van der Waals surface area contributed by atoms with Gasteiger partial charge in [0.2, 0.25) is 5.78 Å². The van der Waals surface area contributed by atoms with Gasteiger partial charge in [-0.2, -0.15) is 0 Å². The van der Waals surface area contributed by atoms with Crippen molar-refractivity contribution in [2.24, 2.45) is 17.6 Å². The number of Topliss-reactive ketones (excluding diaryl/α,β-unsaturated/α-hetero) is 2. The number of alkyl halides is 1. The molecule has 0 bridgehead atoms. The molecule has 1 fully saturated rings. The molecule has 0 aliphatic heterocycles. The number of benzene rings is 2. The van der Waals surface area contributed by atoms with Gasteiger partial charge in [0.25, 0.3) is 5.91 Å². The van der Waals surface area contributed by atoms with Gasteiger partial charge in [-0.15, -0.1) is 0 Å². The number of ketones is 2.